The highest BCUT2D eigenvalue weighted by Gasteiger charge is 2.60. The van der Waals surface area contributed by atoms with Gasteiger partial charge >= 0.3 is 0 Å². The zero-order valence-corrected chi connectivity index (χ0v) is 36.1. The topological polar surface area (TPSA) is 104 Å². The number of hydrogen-bond donors (Lipinski definition) is 1. The zero-order chi connectivity index (χ0) is 39.4. The molecule has 0 unspecified atom stereocenters. The van der Waals surface area contributed by atoms with E-state index in [1.54, 1.807) is 10.9 Å². The highest BCUT2D eigenvalue weighted by Crippen LogP contribution is 2.48. The van der Waals surface area contributed by atoms with Crippen LogP contribution in [0, 0.1) is 5.92 Å². The summed E-state index contributed by atoms with van der Waals surface area (Å²) in [6, 6.07) is 21.2. The van der Waals surface area contributed by atoms with Crippen LogP contribution in [0.4, 0.5) is 16.2 Å². The van der Waals surface area contributed by atoms with Crippen LogP contribution in [0.25, 0.3) is 11.2 Å². The molecule has 6 rings (SSSR count). The maximum Gasteiger partial charge on any atom is 0.261 e. The first-order valence-electron chi connectivity index (χ1n) is 19.2. The second-order valence-electron chi connectivity index (χ2n) is 18.2. The molecular weight excluding hydrogens is 716 g/mol. The number of fused-ring (bicyclic) bond motifs is 1. The van der Waals surface area contributed by atoms with Gasteiger partial charge in [-0.1, -0.05) is 116 Å². The van der Waals surface area contributed by atoms with Gasteiger partial charge in [-0.2, -0.15) is 9.97 Å². The van der Waals surface area contributed by atoms with Crippen LogP contribution in [0.5, 0.6) is 0 Å². The SMILES string of the molecule is CC(C)C(=O)Nc1nc(N(C)C2CC2)c2ncn([C@@H]3O[C@](C)(CO[Si](c4ccccc4)(c4ccccc4)C(C)(C)C)[C@@H](O[Si](C)(C)C(C)(C)C)[C@H]3F)c2n1. The van der Waals surface area contributed by atoms with Gasteiger partial charge in [0.15, 0.2) is 37.7 Å². The van der Waals surface area contributed by atoms with E-state index >= 15 is 4.39 Å². The van der Waals surface area contributed by atoms with Gasteiger partial charge in [0.05, 0.1) is 12.9 Å². The van der Waals surface area contributed by atoms with Crippen molar-refractivity contribution in [2.75, 3.05) is 23.9 Å². The predicted molar refractivity (Wildman–Crippen MR) is 219 cm³/mol. The highest BCUT2D eigenvalue weighted by molar-refractivity contribution is 6.99. The smallest absolute Gasteiger partial charge is 0.261 e. The Morgan fingerprint density at radius 1 is 1.00 bits per heavy atom. The maximum atomic E-state index is 17.6. The predicted octanol–water partition coefficient (Wildman–Crippen LogP) is 7.61. The summed E-state index contributed by atoms with van der Waals surface area (Å²) in [6.45, 7) is 23.1. The summed E-state index contributed by atoms with van der Waals surface area (Å²) >= 11 is 0. The van der Waals surface area contributed by atoms with Gasteiger partial charge in [-0.25, -0.2) is 9.37 Å². The lowest BCUT2D eigenvalue weighted by Crippen LogP contribution is -2.68. The monoisotopic (exact) mass is 774 g/mol. The molecule has 0 radical (unpaired) electrons. The molecule has 3 heterocycles. The number of carbonyl (C=O) groups excluding carboxylic acids is 1. The van der Waals surface area contributed by atoms with Crippen LogP contribution in [0.1, 0.15) is 81.4 Å². The Labute approximate surface area is 322 Å². The minimum absolute atomic E-state index is 0.0868. The number of benzene rings is 2. The minimum Gasteiger partial charge on any atom is -0.408 e. The van der Waals surface area contributed by atoms with Gasteiger partial charge in [0.1, 0.15) is 11.7 Å². The van der Waals surface area contributed by atoms with Crippen molar-refractivity contribution in [2.45, 2.75) is 128 Å². The van der Waals surface area contributed by atoms with Gasteiger partial charge in [-0.15, -0.1) is 0 Å². The number of hydrogen-bond acceptors (Lipinski definition) is 8. The van der Waals surface area contributed by atoms with E-state index in [9.17, 15) is 4.79 Å². The van der Waals surface area contributed by atoms with Crippen LogP contribution in [-0.4, -0.2) is 79.6 Å². The van der Waals surface area contributed by atoms with E-state index in [4.69, 9.17) is 28.5 Å². The lowest BCUT2D eigenvalue weighted by Gasteiger charge is -2.46. The van der Waals surface area contributed by atoms with Crippen molar-refractivity contribution >= 4 is 55.8 Å². The second-order valence-corrected chi connectivity index (χ2v) is 27.3. The first-order valence-corrected chi connectivity index (χ1v) is 24.0. The summed E-state index contributed by atoms with van der Waals surface area (Å²) in [5, 5.41) is 4.63. The van der Waals surface area contributed by atoms with Gasteiger partial charge in [0.2, 0.25) is 11.9 Å². The molecule has 1 saturated carbocycles. The molecule has 2 aromatic heterocycles. The molecule has 13 heteroatoms. The Bertz CT molecular complexity index is 1900. The maximum absolute atomic E-state index is 17.6. The Hall–Kier alpha value is -3.50. The Balaban J connectivity index is 1.46. The third-order valence-electron chi connectivity index (χ3n) is 11.6. The van der Waals surface area contributed by atoms with Crippen LogP contribution in [0.2, 0.25) is 23.2 Å². The Morgan fingerprint density at radius 2 is 1.57 bits per heavy atom. The summed E-state index contributed by atoms with van der Waals surface area (Å²) in [4.78, 5) is 29.2. The zero-order valence-electron chi connectivity index (χ0n) is 34.1. The lowest BCUT2D eigenvalue weighted by atomic mass is 9.99. The molecule has 2 aromatic carbocycles. The van der Waals surface area contributed by atoms with Gasteiger partial charge in [0.25, 0.3) is 8.32 Å². The fourth-order valence-electron chi connectivity index (χ4n) is 7.20. The van der Waals surface area contributed by atoms with E-state index in [-0.39, 0.29) is 34.5 Å². The number of nitrogens with one attached hydrogen (secondary N) is 1. The average Bonchev–Trinajstić information content (AvgIpc) is 3.83. The normalized spacial score (nSPS) is 22.6. The number of nitrogens with zero attached hydrogens (tertiary/aromatic N) is 5. The van der Waals surface area contributed by atoms with Gasteiger partial charge in [-0.3, -0.25) is 14.7 Å². The molecule has 4 atom stereocenters. The molecular formula is C41H59FN6O4Si2. The van der Waals surface area contributed by atoms with E-state index in [1.807, 2.05) is 40.0 Å². The minimum atomic E-state index is -3.03. The van der Waals surface area contributed by atoms with E-state index in [0.29, 0.717) is 23.0 Å². The quantitative estimate of drug-likeness (QED) is 0.147. The third-order valence-corrected chi connectivity index (χ3v) is 21.1. The third kappa shape index (κ3) is 7.41. The molecule has 1 saturated heterocycles. The van der Waals surface area contributed by atoms with Crippen LogP contribution < -0.4 is 20.6 Å². The van der Waals surface area contributed by atoms with E-state index in [0.717, 1.165) is 23.2 Å². The number of halogens is 1. The number of rotatable bonds is 12. The van der Waals surface area contributed by atoms with E-state index < -0.39 is 40.7 Å². The summed E-state index contributed by atoms with van der Waals surface area (Å²) in [5.41, 5.74) is -0.317. The lowest BCUT2D eigenvalue weighted by molar-refractivity contribution is -0.118. The number of ether oxygens (including phenoxy) is 1. The number of alkyl halides is 1. The van der Waals surface area contributed by atoms with Crippen LogP contribution in [0.15, 0.2) is 67.0 Å². The van der Waals surface area contributed by atoms with Gasteiger partial charge < -0.3 is 18.5 Å². The molecule has 0 bridgehead atoms. The molecule has 2 aliphatic rings. The number of amides is 1. The van der Waals surface area contributed by atoms with E-state index in [2.05, 4.69) is 113 Å². The highest BCUT2D eigenvalue weighted by atomic mass is 28.4. The first-order chi connectivity index (χ1) is 25.2. The summed E-state index contributed by atoms with van der Waals surface area (Å²) < 4.78 is 40.7. The van der Waals surface area contributed by atoms with Crippen LogP contribution >= 0.6 is 0 Å². The Kier molecular flexibility index (Phi) is 10.8. The number of anilines is 2. The van der Waals surface area contributed by atoms with Gasteiger partial charge in [-0.05, 0) is 53.3 Å². The number of aromatic nitrogens is 4. The molecule has 54 heavy (non-hydrogen) atoms. The second kappa shape index (κ2) is 14.5. The first kappa shape index (κ1) is 40.2. The van der Waals surface area contributed by atoms with Crippen molar-refractivity contribution in [1.29, 1.82) is 0 Å². The van der Waals surface area contributed by atoms with Gasteiger partial charge in [0, 0.05) is 19.0 Å². The van der Waals surface area contributed by atoms with Crippen molar-refractivity contribution < 1.29 is 22.8 Å². The fourth-order valence-corrected chi connectivity index (χ4v) is 13.2. The molecule has 4 aromatic rings. The summed E-state index contributed by atoms with van der Waals surface area (Å²) in [5.74, 6) is 0.236. The van der Waals surface area contributed by atoms with Crippen molar-refractivity contribution in [2.24, 2.45) is 5.92 Å². The molecule has 1 amide bonds. The average molecular weight is 775 g/mol. The summed E-state index contributed by atoms with van der Waals surface area (Å²) in [7, 11) is -3.61. The molecule has 10 nitrogen and oxygen atoms in total. The number of imidazole rings is 1. The van der Waals surface area contributed by atoms with E-state index in [1.165, 1.54) is 0 Å². The summed E-state index contributed by atoms with van der Waals surface area (Å²) in [6.07, 6.45) is -0.0600. The molecule has 1 aliphatic carbocycles. The largest absolute Gasteiger partial charge is 0.408 e. The molecule has 2 fully saturated rings. The van der Waals surface area contributed by atoms with Crippen molar-refractivity contribution in [3.8, 4) is 0 Å². The molecule has 292 valence electrons. The molecule has 0 spiro atoms. The van der Waals surface area contributed by atoms with Crippen LogP contribution in [-0.2, 0) is 18.4 Å². The Morgan fingerprint density at radius 3 is 2.07 bits per heavy atom. The van der Waals surface area contributed by atoms with Crippen molar-refractivity contribution in [3.05, 3.63) is 67.0 Å². The van der Waals surface area contributed by atoms with Crippen molar-refractivity contribution in [1.82, 2.24) is 19.5 Å². The number of carbonyl (C=O) groups is 1. The van der Waals surface area contributed by atoms with Crippen molar-refractivity contribution in [3.63, 3.8) is 0 Å². The van der Waals surface area contributed by atoms with Crippen LogP contribution in [0.3, 0.4) is 0 Å². The molecule has 1 N–H and O–H groups in total. The standard InChI is InChI=1S/C41H59FN6O4Si2/c1-27(2)36(49)46-38-44-34(47(10)28-23-24-28)32-35(45-38)48(26-43-32)37-31(42)33(52-53(11,12)39(3,4)5)41(9,51-37)25-50-54(40(6,7)8,29-19-15-13-16-20-29)30-21-17-14-18-22-30/h13-22,26-28,31,33,37H,23-25H2,1-12H3,(H,44,45,46,49)/t31-,33+,37-,41-/m1/s1. The molecule has 1 aliphatic heterocycles. The fraction of sp³-hybridized carbons (Fsp3) is 0.561.